The maximum Gasteiger partial charge on any atom is 0.407 e. The Morgan fingerprint density at radius 1 is 1.02 bits per heavy atom. The summed E-state index contributed by atoms with van der Waals surface area (Å²) in [5.41, 5.74) is -0.153. The quantitative estimate of drug-likeness (QED) is 0.202. The summed E-state index contributed by atoms with van der Waals surface area (Å²) in [6.07, 6.45) is 1.42. The maximum atomic E-state index is 14.9. The fraction of sp³-hybridized carbons (Fsp3) is 0.455. The first-order valence-electron chi connectivity index (χ1n) is 14.5. The molecule has 3 aromatic rings. The van der Waals surface area contributed by atoms with Gasteiger partial charge in [-0.1, -0.05) is 51.1 Å². The lowest BCUT2D eigenvalue weighted by atomic mass is 9.84. The first kappa shape index (κ1) is 34.2. The highest BCUT2D eigenvalue weighted by molar-refractivity contribution is 5.80. The number of aromatic nitrogens is 2. The predicted molar refractivity (Wildman–Crippen MR) is 163 cm³/mol. The van der Waals surface area contributed by atoms with E-state index in [4.69, 9.17) is 14.5 Å². The zero-order valence-electron chi connectivity index (χ0n) is 26.4. The summed E-state index contributed by atoms with van der Waals surface area (Å²) >= 11 is 0. The number of carbonyl (C=O) groups is 3. The Hall–Kier alpha value is -4.28. The smallest absolute Gasteiger partial charge is 0.407 e. The molecule has 0 fully saturated rings. The van der Waals surface area contributed by atoms with Crippen LogP contribution >= 0.6 is 0 Å². The number of halogens is 2. The van der Waals surface area contributed by atoms with Gasteiger partial charge in [0.25, 0.3) is 5.91 Å². The SMILES string of the molecule is CC(=O)OCC(=O)N(CCCNC(=O)OC(C)(C)C)[C@@H](c1nc(-c2cc(F)ccc2F)cn1Cc1ccccc1)C(C)(C)C. The van der Waals surface area contributed by atoms with Crippen molar-refractivity contribution < 1.29 is 32.6 Å². The number of alkyl carbamates (subject to hydrolysis) is 1. The molecule has 1 N–H and O–H groups in total. The first-order chi connectivity index (χ1) is 20.5. The number of amides is 2. The van der Waals surface area contributed by atoms with Crippen molar-refractivity contribution in [2.75, 3.05) is 19.7 Å². The molecule has 3 rings (SSSR count). The van der Waals surface area contributed by atoms with Crippen molar-refractivity contribution >= 4 is 18.0 Å². The lowest BCUT2D eigenvalue weighted by Crippen LogP contribution is -2.45. The molecule has 0 saturated carbocycles. The van der Waals surface area contributed by atoms with Gasteiger partial charge in [-0.05, 0) is 56.4 Å². The second kappa shape index (κ2) is 14.5. The van der Waals surface area contributed by atoms with Crippen LogP contribution in [-0.2, 0) is 25.6 Å². The van der Waals surface area contributed by atoms with E-state index < -0.39 is 53.3 Å². The van der Waals surface area contributed by atoms with E-state index in [1.54, 1.807) is 31.9 Å². The Morgan fingerprint density at radius 3 is 2.32 bits per heavy atom. The van der Waals surface area contributed by atoms with Crippen LogP contribution in [0.1, 0.15) is 72.3 Å². The van der Waals surface area contributed by atoms with Gasteiger partial charge in [0.2, 0.25) is 0 Å². The molecule has 0 radical (unpaired) electrons. The van der Waals surface area contributed by atoms with Gasteiger partial charge in [0.15, 0.2) is 6.61 Å². The number of carbonyl (C=O) groups excluding carboxylic acids is 3. The van der Waals surface area contributed by atoms with E-state index in [0.717, 1.165) is 23.8 Å². The molecular weight excluding hydrogens is 570 g/mol. The van der Waals surface area contributed by atoms with Crippen molar-refractivity contribution in [2.24, 2.45) is 5.41 Å². The van der Waals surface area contributed by atoms with Crippen LogP contribution in [0.4, 0.5) is 13.6 Å². The standard InChI is InChI=1S/C33H42F2N4O5/c1-22(40)43-21-28(41)39(17-11-16-36-31(42)44-33(5,6)7)29(32(2,3)4)30-37-27(25-18-24(34)14-15-26(25)35)20-38(30)19-23-12-9-8-10-13-23/h8-10,12-15,18,20,29H,11,16-17,19,21H2,1-7H3,(H,36,42)/t29-/m0/s1. The van der Waals surface area contributed by atoms with E-state index in [0.29, 0.717) is 18.8 Å². The van der Waals surface area contributed by atoms with Crippen molar-refractivity contribution in [3.8, 4) is 11.3 Å². The average Bonchev–Trinajstić information content (AvgIpc) is 3.31. The fourth-order valence-corrected chi connectivity index (χ4v) is 4.77. The van der Waals surface area contributed by atoms with Crippen LogP contribution in [0.2, 0.25) is 0 Å². The molecule has 2 aromatic carbocycles. The molecule has 11 heteroatoms. The Kier molecular flexibility index (Phi) is 11.2. The maximum absolute atomic E-state index is 14.9. The summed E-state index contributed by atoms with van der Waals surface area (Å²) in [5, 5.41) is 2.70. The van der Waals surface area contributed by atoms with E-state index >= 15 is 0 Å². The zero-order valence-corrected chi connectivity index (χ0v) is 26.4. The van der Waals surface area contributed by atoms with Crippen molar-refractivity contribution in [3.05, 3.63) is 77.8 Å². The number of ether oxygens (including phenoxy) is 2. The summed E-state index contributed by atoms with van der Waals surface area (Å²) in [7, 11) is 0. The molecule has 238 valence electrons. The van der Waals surface area contributed by atoms with Crippen molar-refractivity contribution in [3.63, 3.8) is 0 Å². The minimum atomic E-state index is -0.693. The van der Waals surface area contributed by atoms with Crippen LogP contribution in [0.3, 0.4) is 0 Å². The number of rotatable bonds is 11. The summed E-state index contributed by atoms with van der Waals surface area (Å²) in [5.74, 6) is -1.87. The fourth-order valence-electron chi connectivity index (χ4n) is 4.77. The molecule has 44 heavy (non-hydrogen) atoms. The summed E-state index contributed by atoms with van der Waals surface area (Å²) in [4.78, 5) is 43.8. The highest BCUT2D eigenvalue weighted by atomic mass is 19.1. The second-order valence-electron chi connectivity index (χ2n) is 12.6. The Labute approximate surface area is 257 Å². The average molecular weight is 613 g/mol. The minimum Gasteiger partial charge on any atom is -0.456 e. The number of benzene rings is 2. The largest absolute Gasteiger partial charge is 0.456 e. The lowest BCUT2D eigenvalue weighted by molar-refractivity contribution is -0.152. The number of hydrogen-bond donors (Lipinski definition) is 1. The van der Waals surface area contributed by atoms with E-state index in [1.165, 1.54) is 6.92 Å². The molecule has 2 amide bonds. The third kappa shape index (κ3) is 9.89. The van der Waals surface area contributed by atoms with Gasteiger partial charge < -0.3 is 24.3 Å². The highest BCUT2D eigenvalue weighted by Gasteiger charge is 2.38. The number of hydrogen-bond acceptors (Lipinski definition) is 6. The number of nitrogens with one attached hydrogen (secondary N) is 1. The van der Waals surface area contributed by atoms with Gasteiger partial charge in [-0.3, -0.25) is 9.59 Å². The van der Waals surface area contributed by atoms with Crippen LogP contribution in [0.5, 0.6) is 0 Å². The van der Waals surface area contributed by atoms with Crippen molar-refractivity contribution in [2.45, 2.75) is 73.1 Å². The van der Waals surface area contributed by atoms with E-state index in [1.807, 2.05) is 55.7 Å². The monoisotopic (exact) mass is 612 g/mol. The van der Waals surface area contributed by atoms with Gasteiger partial charge in [0.1, 0.15) is 23.1 Å². The van der Waals surface area contributed by atoms with Gasteiger partial charge in [0, 0.05) is 38.3 Å². The Morgan fingerprint density at radius 2 is 1.70 bits per heavy atom. The first-order valence-corrected chi connectivity index (χ1v) is 14.5. The summed E-state index contributed by atoms with van der Waals surface area (Å²) in [6, 6.07) is 12.0. The topological polar surface area (TPSA) is 103 Å². The van der Waals surface area contributed by atoms with E-state index in [-0.39, 0.29) is 24.3 Å². The number of imidazole rings is 1. The molecule has 0 bridgehead atoms. The molecular formula is C33H42F2N4O5. The van der Waals surface area contributed by atoms with Crippen LogP contribution in [-0.4, -0.2) is 57.7 Å². The zero-order chi connectivity index (χ0) is 32.7. The van der Waals surface area contributed by atoms with E-state index in [9.17, 15) is 23.2 Å². The number of esters is 1. The molecule has 9 nitrogen and oxygen atoms in total. The van der Waals surface area contributed by atoms with Crippen LogP contribution in [0.25, 0.3) is 11.3 Å². The van der Waals surface area contributed by atoms with Crippen LogP contribution in [0.15, 0.2) is 54.7 Å². The third-order valence-electron chi connectivity index (χ3n) is 6.55. The van der Waals surface area contributed by atoms with Crippen molar-refractivity contribution in [1.82, 2.24) is 19.8 Å². The predicted octanol–water partition coefficient (Wildman–Crippen LogP) is 6.27. The molecule has 0 saturated heterocycles. The lowest BCUT2D eigenvalue weighted by Gasteiger charge is -2.40. The molecule has 1 heterocycles. The van der Waals surface area contributed by atoms with Gasteiger partial charge >= 0.3 is 12.1 Å². The van der Waals surface area contributed by atoms with E-state index in [2.05, 4.69) is 5.32 Å². The second-order valence-corrected chi connectivity index (χ2v) is 12.6. The minimum absolute atomic E-state index is 0.00919. The Bertz CT molecular complexity index is 1440. The highest BCUT2D eigenvalue weighted by Crippen LogP contribution is 2.39. The van der Waals surface area contributed by atoms with Crippen LogP contribution in [0, 0.1) is 17.0 Å². The molecule has 0 spiro atoms. The third-order valence-corrected chi connectivity index (χ3v) is 6.55. The van der Waals surface area contributed by atoms with Gasteiger partial charge in [-0.2, -0.15) is 0 Å². The summed E-state index contributed by atoms with van der Waals surface area (Å²) < 4.78 is 41.3. The van der Waals surface area contributed by atoms with Crippen molar-refractivity contribution in [1.29, 1.82) is 0 Å². The molecule has 1 aromatic heterocycles. The molecule has 1 atom stereocenters. The molecule has 0 aliphatic carbocycles. The molecule has 0 unspecified atom stereocenters. The van der Waals surface area contributed by atoms with Gasteiger partial charge in [0.05, 0.1) is 11.7 Å². The summed E-state index contributed by atoms with van der Waals surface area (Å²) in [6.45, 7) is 12.5. The van der Waals surface area contributed by atoms with Crippen LogP contribution < -0.4 is 5.32 Å². The number of nitrogens with zero attached hydrogens (tertiary/aromatic N) is 3. The van der Waals surface area contributed by atoms with Gasteiger partial charge in [-0.25, -0.2) is 18.6 Å². The molecule has 0 aliphatic rings. The van der Waals surface area contributed by atoms with Gasteiger partial charge in [-0.15, -0.1) is 0 Å². The molecule has 0 aliphatic heterocycles. The normalized spacial score (nSPS) is 12.4. The Balaban J connectivity index is 2.06.